The third-order valence-corrected chi connectivity index (χ3v) is 5.41. The van der Waals surface area contributed by atoms with Crippen LogP contribution in [-0.2, 0) is 16.0 Å². The third-order valence-electron chi connectivity index (χ3n) is 4.22. The van der Waals surface area contributed by atoms with E-state index in [0.717, 1.165) is 11.3 Å². The summed E-state index contributed by atoms with van der Waals surface area (Å²) >= 11 is 1.01. The maximum atomic E-state index is 13.0. The third kappa shape index (κ3) is 4.72. The van der Waals surface area contributed by atoms with E-state index in [1.165, 1.54) is 18.3 Å². The number of oxazole rings is 1. The number of hydrogen-bond acceptors (Lipinski definition) is 7. The molecule has 0 fully saturated rings. The fraction of sp³-hybridized carbons (Fsp3) is 0.238. The molecule has 30 heavy (non-hydrogen) atoms. The van der Waals surface area contributed by atoms with E-state index in [1.807, 2.05) is 6.07 Å². The number of nitrogens with zero attached hydrogens (tertiary/aromatic N) is 2. The number of aromatic nitrogens is 1. The number of anilines is 1. The van der Waals surface area contributed by atoms with Crippen molar-refractivity contribution in [2.75, 3.05) is 11.9 Å². The van der Waals surface area contributed by atoms with Gasteiger partial charge in [0, 0.05) is 18.4 Å². The Balaban J connectivity index is 1.64. The maximum Gasteiger partial charge on any atom is 0.348 e. The van der Waals surface area contributed by atoms with Gasteiger partial charge in [0.15, 0.2) is 11.7 Å². The average Bonchev–Trinajstić information content (AvgIpc) is 3.31. The molecule has 3 aromatic rings. The fourth-order valence-electron chi connectivity index (χ4n) is 2.71. The van der Waals surface area contributed by atoms with Crippen molar-refractivity contribution >= 4 is 28.2 Å². The number of carbonyl (C=O) groups is 2. The quantitative estimate of drug-likeness (QED) is 0.558. The summed E-state index contributed by atoms with van der Waals surface area (Å²) in [5.74, 6) is -0.374. The average molecular weight is 427 g/mol. The lowest BCUT2D eigenvalue weighted by Crippen LogP contribution is -2.12. The van der Waals surface area contributed by atoms with E-state index >= 15 is 0 Å². The number of esters is 1. The monoisotopic (exact) mass is 427 g/mol. The second kappa shape index (κ2) is 9.33. The standard InChI is InChI=1S/C21H18FN3O4S/c1-3-28-21(27)19-12(2)15(10-23)20(30-19)25-17(26)8-9-18-24-11-16(29-18)13-4-6-14(22)7-5-13/h4-7,11H,3,8-9H2,1-2H3,(H,25,26). The molecule has 1 aromatic carbocycles. The van der Waals surface area contributed by atoms with E-state index in [4.69, 9.17) is 9.15 Å². The summed E-state index contributed by atoms with van der Waals surface area (Å²) in [5.41, 5.74) is 1.40. The minimum Gasteiger partial charge on any atom is -0.462 e. The predicted molar refractivity (Wildman–Crippen MR) is 109 cm³/mol. The second-order valence-corrected chi connectivity index (χ2v) is 7.29. The number of ether oxygens (including phenoxy) is 1. The van der Waals surface area contributed by atoms with Crippen molar-refractivity contribution in [2.24, 2.45) is 0 Å². The number of aryl methyl sites for hydroxylation is 1. The highest BCUT2D eigenvalue weighted by atomic mass is 32.1. The van der Waals surface area contributed by atoms with Gasteiger partial charge in [-0.15, -0.1) is 11.3 Å². The number of rotatable bonds is 7. The summed E-state index contributed by atoms with van der Waals surface area (Å²) in [6, 6.07) is 7.82. The smallest absolute Gasteiger partial charge is 0.348 e. The maximum absolute atomic E-state index is 13.0. The molecule has 2 aromatic heterocycles. The van der Waals surface area contributed by atoms with Gasteiger partial charge >= 0.3 is 5.97 Å². The van der Waals surface area contributed by atoms with Crippen molar-refractivity contribution < 1.29 is 23.1 Å². The van der Waals surface area contributed by atoms with Crippen LogP contribution in [0.15, 0.2) is 34.9 Å². The molecule has 2 heterocycles. The van der Waals surface area contributed by atoms with Crippen molar-refractivity contribution in [2.45, 2.75) is 26.7 Å². The Morgan fingerprint density at radius 1 is 1.33 bits per heavy atom. The van der Waals surface area contributed by atoms with Gasteiger partial charge in [0.05, 0.1) is 18.4 Å². The van der Waals surface area contributed by atoms with Crippen LogP contribution in [-0.4, -0.2) is 23.5 Å². The Hall–Kier alpha value is -3.51. The molecule has 0 aliphatic rings. The van der Waals surface area contributed by atoms with Crippen LogP contribution >= 0.6 is 11.3 Å². The number of halogens is 1. The van der Waals surface area contributed by atoms with Gasteiger partial charge in [0.25, 0.3) is 0 Å². The molecule has 1 N–H and O–H groups in total. The minimum atomic E-state index is -0.523. The van der Waals surface area contributed by atoms with Gasteiger partial charge in [-0.2, -0.15) is 5.26 Å². The van der Waals surface area contributed by atoms with Gasteiger partial charge in [0.1, 0.15) is 21.8 Å². The van der Waals surface area contributed by atoms with Gasteiger partial charge in [0.2, 0.25) is 5.91 Å². The number of nitriles is 1. The van der Waals surface area contributed by atoms with Crippen molar-refractivity contribution in [1.29, 1.82) is 5.26 Å². The summed E-state index contributed by atoms with van der Waals surface area (Å²) in [6.45, 7) is 3.55. The first-order valence-electron chi connectivity index (χ1n) is 9.14. The zero-order chi connectivity index (χ0) is 21.7. The van der Waals surface area contributed by atoms with Gasteiger partial charge in [-0.3, -0.25) is 4.79 Å². The first-order chi connectivity index (χ1) is 14.4. The van der Waals surface area contributed by atoms with E-state index in [1.54, 1.807) is 26.0 Å². The van der Waals surface area contributed by atoms with Gasteiger partial charge in [-0.05, 0) is 43.7 Å². The Labute approximate surface area is 176 Å². The molecule has 3 rings (SSSR count). The molecule has 0 unspecified atom stereocenters. The largest absolute Gasteiger partial charge is 0.462 e. The molecule has 0 aliphatic carbocycles. The first-order valence-corrected chi connectivity index (χ1v) is 9.95. The molecular formula is C21H18FN3O4S. The molecule has 154 valence electrons. The van der Waals surface area contributed by atoms with Crippen LogP contribution in [0.25, 0.3) is 11.3 Å². The molecule has 0 bridgehead atoms. The molecule has 0 aliphatic heterocycles. The van der Waals surface area contributed by atoms with Crippen molar-refractivity contribution in [3.05, 3.63) is 58.2 Å². The number of thiophene rings is 1. The normalized spacial score (nSPS) is 10.5. The number of carbonyl (C=O) groups excluding carboxylic acids is 2. The first kappa shape index (κ1) is 21.2. The second-order valence-electron chi connectivity index (χ2n) is 6.27. The van der Waals surface area contributed by atoms with E-state index < -0.39 is 5.97 Å². The summed E-state index contributed by atoms with van der Waals surface area (Å²) in [7, 11) is 0. The highest BCUT2D eigenvalue weighted by Gasteiger charge is 2.22. The highest BCUT2D eigenvalue weighted by molar-refractivity contribution is 7.18. The van der Waals surface area contributed by atoms with Crippen LogP contribution in [0.3, 0.4) is 0 Å². The molecule has 1 amide bonds. The molecule has 0 radical (unpaired) electrons. The van der Waals surface area contributed by atoms with E-state index in [2.05, 4.69) is 10.3 Å². The van der Waals surface area contributed by atoms with Crippen LogP contribution in [0.5, 0.6) is 0 Å². The van der Waals surface area contributed by atoms with E-state index in [9.17, 15) is 19.2 Å². The number of benzene rings is 1. The summed E-state index contributed by atoms with van der Waals surface area (Å²) in [4.78, 5) is 28.8. The molecule has 0 spiro atoms. The van der Waals surface area contributed by atoms with Gasteiger partial charge in [-0.1, -0.05) is 0 Å². The molecule has 0 saturated heterocycles. The SMILES string of the molecule is CCOC(=O)c1sc(NC(=O)CCc2ncc(-c3ccc(F)cc3)o2)c(C#N)c1C. The molecule has 0 saturated carbocycles. The minimum absolute atomic E-state index is 0.0694. The Morgan fingerprint density at radius 2 is 2.07 bits per heavy atom. The van der Waals surface area contributed by atoms with Crippen molar-refractivity contribution in [1.82, 2.24) is 4.98 Å². The lowest BCUT2D eigenvalue weighted by Gasteiger charge is -2.02. The Bertz CT molecular complexity index is 1110. The molecular weight excluding hydrogens is 409 g/mol. The lowest BCUT2D eigenvalue weighted by molar-refractivity contribution is -0.116. The predicted octanol–water partition coefficient (Wildman–Crippen LogP) is 4.47. The zero-order valence-corrected chi connectivity index (χ0v) is 17.1. The van der Waals surface area contributed by atoms with Crippen LogP contribution in [0.1, 0.15) is 40.0 Å². The zero-order valence-electron chi connectivity index (χ0n) is 16.3. The van der Waals surface area contributed by atoms with Gasteiger partial charge < -0.3 is 14.5 Å². The van der Waals surface area contributed by atoms with Crippen LogP contribution in [0.4, 0.5) is 9.39 Å². The molecule has 9 heteroatoms. The van der Waals surface area contributed by atoms with Crippen molar-refractivity contribution in [3.63, 3.8) is 0 Å². The molecule has 0 atom stereocenters. The number of hydrogen-bond donors (Lipinski definition) is 1. The van der Waals surface area contributed by atoms with E-state index in [0.29, 0.717) is 32.7 Å². The summed E-state index contributed by atoms with van der Waals surface area (Å²) in [6.07, 6.45) is 1.83. The number of amides is 1. The van der Waals surface area contributed by atoms with Gasteiger partial charge in [-0.25, -0.2) is 14.2 Å². The lowest BCUT2D eigenvalue weighted by atomic mass is 10.1. The van der Waals surface area contributed by atoms with Crippen LogP contribution in [0.2, 0.25) is 0 Å². The highest BCUT2D eigenvalue weighted by Crippen LogP contribution is 2.33. The van der Waals surface area contributed by atoms with Crippen LogP contribution < -0.4 is 5.32 Å². The van der Waals surface area contributed by atoms with E-state index in [-0.39, 0.29) is 36.7 Å². The Morgan fingerprint density at radius 3 is 2.73 bits per heavy atom. The fourth-order valence-corrected chi connectivity index (χ4v) is 3.78. The number of nitrogens with one attached hydrogen (secondary N) is 1. The Kier molecular flexibility index (Phi) is 6.59. The topological polar surface area (TPSA) is 105 Å². The molecule has 7 nitrogen and oxygen atoms in total. The van der Waals surface area contributed by atoms with Crippen LogP contribution in [0, 0.1) is 24.1 Å². The van der Waals surface area contributed by atoms with Crippen molar-refractivity contribution in [3.8, 4) is 17.4 Å². The summed E-state index contributed by atoms with van der Waals surface area (Å²) in [5, 5.41) is 12.4. The summed E-state index contributed by atoms with van der Waals surface area (Å²) < 4.78 is 23.6.